The first-order chi connectivity index (χ1) is 19.2. The van der Waals surface area contributed by atoms with Crippen LogP contribution in [0.2, 0.25) is 0 Å². The van der Waals surface area contributed by atoms with Crippen molar-refractivity contribution < 1.29 is 14.3 Å². The molecule has 9 heteroatoms. The average Bonchev–Trinajstić information content (AvgIpc) is 3.38. The lowest BCUT2D eigenvalue weighted by Crippen LogP contribution is -2.41. The first-order valence-electron chi connectivity index (χ1n) is 12.9. The van der Waals surface area contributed by atoms with E-state index in [9.17, 15) is 4.79 Å². The second-order valence-electron chi connectivity index (χ2n) is 9.47. The number of piperidine rings is 1. The lowest BCUT2D eigenvalue weighted by molar-refractivity contribution is 0.0793. The highest BCUT2D eigenvalue weighted by Gasteiger charge is 2.29. The molecule has 1 atom stereocenters. The molecular weight excluding hydrogens is 492 g/mol. The van der Waals surface area contributed by atoms with Crippen molar-refractivity contribution in [3.63, 3.8) is 0 Å². The van der Waals surface area contributed by atoms with Crippen molar-refractivity contribution >= 4 is 22.9 Å². The van der Waals surface area contributed by atoms with E-state index in [1.54, 1.807) is 4.90 Å². The SMILES string of the molecule is Nc1ncnc2c1c(-c1ccc(Oc3ccccc3)cc1)nn2C1CCCN(C(=O)OCc2ccccc2)C1. The lowest BCUT2D eigenvalue weighted by atomic mass is 10.1. The molecule has 1 saturated heterocycles. The van der Waals surface area contributed by atoms with Crippen molar-refractivity contribution in [2.45, 2.75) is 25.5 Å². The number of aromatic nitrogens is 4. The zero-order valence-corrected chi connectivity index (χ0v) is 21.3. The first-order valence-corrected chi connectivity index (χ1v) is 12.9. The Morgan fingerprint density at radius 3 is 2.41 bits per heavy atom. The molecule has 0 saturated carbocycles. The fourth-order valence-electron chi connectivity index (χ4n) is 4.89. The van der Waals surface area contributed by atoms with Gasteiger partial charge in [-0.05, 0) is 54.8 Å². The Morgan fingerprint density at radius 2 is 1.64 bits per heavy atom. The number of ether oxygens (including phenoxy) is 2. The van der Waals surface area contributed by atoms with Gasteiger partial charge < -0.3 is 20.1 Å². The van der Waals surface area contributed by atoms with Crippen molar-refractivity contribution in [1.29, 1.82) is 0 Å². The smallest absolute Gasteiger partial charge is 0.410 e. The van der Waals surface area contributed by atoms with Gasteiger partial charge in [0, 0.05) is 18.7 Å². The molecule has 1 fully saturated rings. The van der Waals surface area contributed by atoms with Crippen LogP contribution in [0.25, 0.3) is 22.3 Å². The molecule has 1 aliphatic rings. The highest BCUT2D eigenvalue weighted by atomic mass is 16.6. The Bertz CT molecular complexity index is 1570. The molecular formula is C30H28N6O3. The summed E-state index contributed by atoms with van der Waals surface area (Å²) in [4.78, 5) is 23.4. The molecule has 0 spiro atoms. The second kappa shape index (κ2) is 10.8. The van der Waals surface area contributed by atoms with Crippen LogP contribution in [0.3, 0.4) is 0 Å². The third-order valence-electron chi connectivity index (χ3n) is 6.83. The van der Waals surface area contributed by atoms with E-state index in [1.165, 1.54) is 6.33 Å². The van der Waals surface area contributed by atoms with Crippen LogP contribution in [-0.2, 0) is 11.3 Å². The Labute approximate surface area is 225 Å². The summed E-state index contributed by atoms with van der Waals surface area (Å²) in [5.41, 5.74) is 9.49. The van der Waals surface area contributed by atoms with Crippen molar-refractivity contribution in [3.05, 3.63) is 96.8 Å². The number of carbonyl (C=O) groups is 1. The summed E-state index contributed by atoms with van der Waals surface area (Å²) < 4.78 is 13.4. The van der Waals surface area contributed by atoms with Crippen LogP contribution in [-0.4, -0.2) is 43.8 Å². The Morgan fingerprint density at radius 1 is 0.923 bits per heavy atom. The Kier molecular flexibility index (Phi) is 6.78. The number of nitrogen functional groups attached to an aromatic ring is 1. The Balaban J connectivity index is 1.24. The quantitative estimate of drug-likeness (QED) is 0.300. The minimum absolute atomic E-state index is 0.0748. The Hall–Kier alpha value is -4.92. The summed E-state index contributed by atoms with van der Waals surface area (Å²) in [6.45, 7) is 1.34. The third kappa shape index (κ3) is 5.24. The number of likely N-dealkylation sites (tertiary alicyclic amines) is 1. The van der Waals surface area contributed by atoms with Gasteiger partial charge in [0.2, 0.25) is 0 Å². The van der Waals surface area contributed by atoms with E-state index in [4.69, 9.17) is 20.3 Å². The summed E-state index contributed by atoms with van der Waals surface area (Å²) in [5.74, 6) is 1.84. The summed E-state index contributed by atoms with van der Waals surface area (Å²) in [6.07, 6.45) is 2.80. The van der Waals surface area contributed by atoms with Gasteiger partial charge in [-0.2, -0.15) is 5.10 Å². The van der Waals surface area contributed by atoms with Crippen molar-refractivity contribution in [2.75, 3.05) is 18.8 Å². The molecule has 6 rings (SSSR count). The molecule has 2 aromatic heterocycles. The number of nitrogens with two attached hydrogens (primary N) is 1. The van der Waals surface area contributed by atoms with Gasteiger partial charge in [-0.25, -0.2) is 19.4 Å². The maximum Gasteiger partial charge on any atom is 0.410 e. The predicted molar refractivity (Wildman–Crippen MR) is 148 cm³/mol. The molecule has 5 aromatic rings. The zero-order chi connectivity index (χ0) is 26.6. The largest absolute Gasteiger partial charge is 0.457 e. The molecule has 1 amide bonds. The highest BCUT2D eigenvalue weighted by molar-refractivity contribution is 5.98. The van der Waals surface area contributed by atoms with Gasteiger partial charge in [0.15, 0.2) is 5.65 Å². The number of anilines is 1. The summed E-state index contributed by atoms with van der Waals surface area (Å²) in [7, 11) is 0. The van der Waals surface area contributed by atoms with Crippen LogP contribution in [0.15, 0.2) is 91.3 Å². The van der Waals surface area contributed by atoms with Gasteiger partial charge in [-0.3, -0.25) is 0 Å². The maximum atomic E-state index is 12.9. The number of para-hydroxylation sites is 1. The van der Waals surface area contributed by atoms with Gasteiger partial charge in [0.25, 0.3) is 0 Å². The summed E-state index contributed by atoms with van der Waals surface area (Å²) in [5, 5.41) is 5.65. The van der Waals surface area contributed by atoms with E-state index in [-0.39, 0.29) is 18.7 Å². The molecule has 3 aromatic carbocycles. The standard InChI is InChI=1S/C30H28N6O3/c31-28-26-27(22-13-15-25(16-14-22)39-24-11-5-2-6-12-24)34-36(29(26)33-20-32-28)23-10-7-17-35(18-23)30(37)38-19-21-8-3-1-4-9-21/h1-6,8-9,11-16,20,23H,7,10,17-19H2,(H2,31,32,33). The number of hydrogen-bond acceptors (Lipinski definition) is 7. The number of fused-ring (bicyclic) bond motifs is 1. The molecule has 39 heavy (non-hydrogen) atoms. The molecule has 9 nitrogen and oxygen atoms in total. The van der Waals surface area contributed by atoms with Gasteiger partial charge in [-0.15, -0.1) is 0 Å². The molecule has 1 aliphatic heterocycles. The average molecular weight is 521 g/mol. The van der Waals surface area contributed by atoms with Gasteiger partial charge in [0.1, 0.15) is 35.9 Å². The summed E-state index contributed by atoms with van der Waals surface area (Å²) >= 11 is 0. The van der Waals surface area contributed by atoms with Crippen LogP contribution >= 0.6 is 0 Å². The number of benzene rings is 3. The van der Waals surface area contributed by atoms with Gasteiger partial charge >= 0.3 is 6.09 Å². The topological polar surface area (TPSA) is 108 Å². The molecule has 2 N–H and O–H groups in total. The van der Waals surface area contributed by atoms with Crippen LogP contribution in [0, 0.1) is 0 Å². The molecule has 0 radical (unpaired) electrons. The monoisotopic (exact) mass is 520 g/mol. The number of rotatable bonds is 6. The number of hydrogen-bond donors (Lipinski definition) is 1. The van der Waals surface area contributed by atoms with Crippen LogP contribution in [0.1, 0.15) is 24.4 Å². The highest BCUT2D eigenvalue weighted by Crippen LogP contribution is 2.35. The van der Waals surface area contributed by atoms with Crippen LogP contribution < -0.4 is 10.5 Å². The zero-order valence-electron chi connectivity index (χ0n) is 21.3. The minimum Gasteiger partial charge on any atom is -0.457 e. The van der Waals surface area contributed by atoms with Crippen LogP contribution in [0.5, 0.6) is 11.5 Å². The normalized spacial score (nSPS) is 15.3. The minimum atomic E-state index is -0.330. The fourth-order valence-corrected chi connectivity index (χ4v) is 4.89. The maximum absolute atomic E-state index is 12.9. The summed E-state index contributed by atoms with van der Waals surface area (Å²) in [6, 6.07) is 26.9. The molecule has 0 aliphatic carbocycles. The number of carbonyl (C=O) groups excluding carboxylic acids is 1. The number of nitrogens with zero attached hydrogens (tertiary/aromatic N) is 5. The molecule has 196 valence electrons. The molecule has 1 unspecified atom stereocenters. The van der Waals surface area contributed by atoms with E-state index < -0.39 is 0 Å². The van der Waals surface area contributed by atoms with E-state index in [1.807, 2.05) is 89.6 Å². The predicted octanol–water partition coefficient (Wildman–Crippen LogP) is 5.84. The van der Waals surface area contributed by atoms with Crippen molar-refractivity contribution in [2.24, 2.45) is 0 Å². The van der Waals surface area contributed by atoms with Crippen molar-refractivity contribution in [1.82, 2.24) is 24.6 Å². The van der Waals surface area contributed by atoms with E-state index in [2.05, 4.69) is 9.97 Å². The van der Waals surface area contributed by atoms with E-state index in [0.29, 0.717) is 35.6 Å². The fraction of sp³-hybridized carbons (Fsp3) is 0.200. The third-order valence-corrected chi connectivity index (χ3v) is 6.83. The lowest BCUT2D eigenvalue weighted by Gasteiger charge is -2.32. The van der Waals surface area contributed by atoms with Crippen LogP contribution in [0.4, 0.5) is 10.6 Å². The van der Waals surface area contributed by atoms with Gasteiger partial charge in [0.05, 0.1) is 11.4 Å². The van der Waals surface area contributed by atoms with E-state index in [0.717, 1.165) is 35.5 Å². The number of amides is 1. The molecule has 3 heterocycles. The van der Waals surface area contributed by atoms with E-state index >= 15 is 0 Å². The first kappa shape index (κ1) is 24.4. The second-order valence-corrected chi connectivity index (χ2v) is 9.47. The molecule has 0 bridgehead atoms. The van der Waals surface area contributed by atoms with Crippen molar-refractivity contribution in [3.8, 4) is 22.8 Å². The van der Waals surface area contributed by atoms with Gasteiger partial charge in [-0.1, -0.05) is 48.5 Å².